The SMILES string of the molecule is CC(C)C(=O)N(CCC(C)(C)C)CC1CC1. The third-order valence-electron chi connectivity index (χ3n) is 3.11. The van der Waals surface area contributed by atoms with Crippen molar-refractivity contribution in [2.24, 2.45) is 17.3 Å². The predicted octanol–water partition coefficient (Wildman–Crippen LogP) is 3.32. The lowest BCUT2D eigenvalue weighted by atomic mass is 9.92. The zero-order valence-corrected chi connectivity index (χ0v) is 11.5. The van der Waals surface area contributed by atoms with E-state index in [2.05, 4.69) is 25.7 Å². The molecule has 0 radical (unpaired) electrons. The summed E-state index contributed by atoms with van der Waals surface area (Å²) in [5, 5.41) is 0. The summed E-state index contributed by atoms with van der Waals surface area (Å²) in [6, 6.07) is 0. The van der Waals surface area contributed by atoms with Crippen molar-refractivity contribution in [1.82, 2.24) is 4.90 Å². The molecule has 0 heterocycles. The molecule has 1 aliphatic carbocycles. The van der Waals surface area contributed by atoms with Crippen molar-refractivity contribution in [3.8, 4) is 0 Å². The molecule has 16 heavy (non-hydrogen) atoms. The first-order valence-electron chi connectivity index (χ1n) is 6.58. The van der Waals surface area contributed by atoms with Gasteiger partial charge in [-0.05, 0) is 30.6 Å². The van der Waals surface area contributed by atoms with Gasteiger partial charge in [-0.15, -0.1) is 0 Å². The largest absolute Gasteiger partial charge is 0.342 e. The molecule has 1 amide bonds. The van der Waals surface area contributed by atoms with Gasteiger partial charge in [0.05, 0.1) is 0 Å². The van der Waals surface area contributed by atoms with Gasteiger partial charge in [0.1, 0.15) is 0 Å². The fourth-order valence-corrected chi connectivity index (χ4v) is 1.74. The van der Waals surface area contributed by atoms with Gasteiger partial charge in [0, 0.05) is 19.0 Å². The molecule has 0 unspecified atom stereocenters. The Bertz CT molecular complexity index is 236. The smallest absolute Gasteiger partial charge is 0.225 e. The van der Waals surface area contributed by atoms with E-state index in [-0.39, 0.29) is 5.92 Å². The first-order chi connectivity index (χ1) is 7.29. The van der Waals surface area contributed by atoms with Crippen LogP contribution in [0.15, 0.2) is 0 Å². The number of hydrogen-bond acceptors (Lipinski definition) is 1. The molecule has 1 fully saturated rings. The lowest BCUT2D eigenvalue weighted by molar-refractivity contribution is -0.135. The Morgan fingerprint density at radius 1 is 1.31 bits per heavy atom. The standard InChI is InChI=1S/C14H27NO/c1-11(2)13(16)15(10-12-6-7-12)9-8-14(3,4)5/h11-12H,6-10H2,1-5H3. The van der Waals surface area contributed by atoms with E-state index in [0.717, 1.165) is 25.4 Å². The average Bonchev–Trinajstić information content (AvgIpc) is 2.93. The minimum Gasteiger partial charge on any atom is -0.342 e. The highest BCUT2D eigenvalue weighted by atomic mass is 16.2. The third-order valence-corrected chi connectivity index (χ3v) is 3.11. The van der Waals surface area contributed by atoms with Gasteiger partial charge in [0.15, 0.2) is 0 Å². The van der Waals surface area contributed by atoms with Crippen LogP contribution in [-0.2, 0) is 4.79 Å². The fraction of sp³-hybridized carbons (Fsp3) is 0.929. The Hall–Kier alpha value is -0.530. The van der Waals surface area contributed by atoms with E-state index in [1.54, 1.807) is 0 Å². The van der Waals surface area contributed by atoms with Crippen LogP contribution in [0.1, 0.15) is 53.9 Å². The summed E-state index contributed by atoms with van der Waals surface area (Å²) in [7, 11) is 0. The van der Waals surface area contributed by atoms with Crippen LogP contribution < -0.4 is 0 Å². The molecule has 0 spiro atoms. The maximum absolute atomic E-state index is 12.0. The molecule has 94 valence electrons. The first kappa shape index (κ1) is 13.5. The van der Waals surface area contributed by atoms with Crippen LogP contribution in [0.4, 0.5) is 0 Å². The van der Waals surface area contributed by atoms with Crippen LogP contribution in [0.3, 0.4) is 0 Å². The maximum Gasteiger partial charge on any atom is 0.225 e. The molecular weight excluding hydrogens is 198 g/mol. The highest BCUT2D eigenvalue weighted by Gasteiger charge is 2.28. The van der Waals surface area contributed by atoms with Crippen molar-refractivity contribution in [1.29, 1.82) is 0 Å². The third kappa shape index (κ3) is 5.00. The van der Waals surface area contributed by atoms with Crippen LogP contribution in [0.25, 0.3) is 0 Å². The molecule has 0 aliphatic heterocycles. The van der Waals surface area contributed by atoms with Crippen molar-refractivity contribution < 1.29 is 4.79 Å². The number of amides is 1. The molecule has 2 nitrogen and oxygen atoms in total. The zero-order valence-electron chi connectivity index (χ0n) is 11.5. The summed E-state index contributed by atoms with van der Waals surface area (Å²) in [5.74, 6) is 1.26. The number of carbonyl (C=O) groups is 1. The van der Waals surface area contributed by atoms with Crippen molar-refractivity contribution in [3.05, 3.63) is 0 Å². The highest BCUT2D eigenvalue weighted by molar-refractivity contribution is 5.78. The second kappa shape index (κ2) is 5.20. The minimum atomic E-state index is 0.138. The van der Waals surface area contributed by atoms with Gasteiger partial charge in [0.2, 0.25) is 5.91 Å². The molecule has 1 rings (SSSR count). The van der Waals surface area contributed by atoms with E-state index in [1.807, 2.05) is 13.8 Å². The summed E-state index contributed by atoms with van der Waals surface area (Å²) in [6.45, 7) is 12.6. The number of rotatable bonds is 5. The van der Waals surface area contributed by atoms with Gasteiger partial charge in [0.25, 0.3) is 0 Å². The number of nitrogens with zero attached hydrogens (tertiary/aromatic N) is 1. The normalized spacial score (nSPS) is 16.6. The van der Waals surface area contributed by atoms with Crippen LogP contribution in [0.2, 0.25) is 0 Å². The van der Waals surface area contributed by atoms with Gasteiger partial charge >= 0.3 is 0 Å². The minimum absolute atomic E-state index is 0.138. The van der Waals surface area contributed by atoms with Gasteiger partial charge in [-0.1, -0.05) is 34.6 Å². The summed E-state index contributed by atoms with van der Waals surface area (Å²) in [4.78, 5) is 14.1. The van der Waals surface area contributed by atoms with Crippen LogP contribution in [-0.4, -0.2) is 23.9 Å². The second-order valence-corrected chi connectivity index (χ2v) is 6.69. The van der Waals surface area contributed by atoms with Crippen molar-refractivity contribution in [3.63, 3.8) is 0 Å². The first-order valence-corrected chi connectivity index (χ1v) is 6.58. The molecule has 0 bridgehead atoms. The van der Waals surface area contributed by atoms with Crippen LogP contribution >= 0.6 is 0 Å². The second-order valence-electron chi connectivity index (χ2n) is 6.69. The molecule has 0 N–H and O–H groups in total. The summed E-state index contributed by atoms with van der Waals surface area (Å²) in [5.41, 5.74) is 0.319. The number of carbonyl (C=O) groups excluding carboxylic acids is 1. The van der Waals surface area contributed by atoms with Crippen LogP contribution in [0.5, 0.6) is 0 Å². The van der Waals surface area contributed by atoms with E-state index in [9.17, 15) is 4.79 Å². The quantitative estimate of drug-likeness (QED) is 0.703. The molecule has 0 atom stereocenters. The molecule has 1 aliphatic rings. The molecule has 0 aromatic rings. The topological polar surface area (TPSA) is 20.3 Å². The van der Waals surface area contributed by atoms with Crippen LogP contribution in [0, 0.1) is 17.3 Å². The maximum atomic E-state index is 12.0. The van der Waals surface area contributed by atoms with Gasteiger partial charge in [-0.2, -0.15) is 0 Å². The van der Waals surface area contributed by atoms with E-state index < -0.39 is 0 Å². The molecule has 0 aromatic carbocycles. The lowest BCUT2D eigenvalue weighted by Crippen LogP contribution is -2.37. The number of hydrogen-bond donors (Lipinski definition) is 0. The predicted molar refractivity (Wildman–Crippen MR) is 68.2 cm³/mol. The average molecular weight is 225 g/mol. The van der Waals surface area contributed by atoms with Gasteiger partial charge < -0.3 is 4.90 Å². The Morgan fingerprint density at radius 3 is 2.25 bits per heavy atom. The molecule has 0 aromatic heterocycles. The molecule has 2 heteroatoms. The highest BCUT2D eigenvalue weighted by Crippen LogP contribution is 2.30. The van der Waals surface area contributed by atoms with E-state index >= 15 is 0 Å². The van der Waals surface area contributed by atoms with E-state index in [4.69, 9.17) is 0 Å². The monoisotopic (exact) mass is 225 g/mol. The zero-order chi connectivity index (χ0) is 12.3. The Labute approximate surface area is 100 Å². The van der Waals surface area contributed by atoms with E-state index in [1.165, 1.54) is 12.8 Å². The van der Waals surface area contributed by atoms with Crippen molar-refractivity contribution in [2.75, 3.05) is 13.1 Å². The van der Waals surface area contributed by atoms with Gasteiger partial charge in [-0.3, -0.25) is 4.79 Å². The summed E-state index contributed by atoms with van der Waals surface area (Å²) >= 11 is 0. The Kier molecular flexibility index (Phi) is 4.40. The Balaban J connectivity index is 2.46. The fourth-order valence-electron chi connectivity index (χ4n) is 1.74. The van der Waals surface area contributed by atoms with E-state index in [0.29, 0.717) is 11.3 Å². The molecule has 0 saturated heterocycles. The molecule has 1 saturated carbocycles. The van der Waals surface area contributed by atoms with Gasteiger partial charge in [-0.25, -0.2) is 0 Å². The van der Waals surface area contributed by atoms with Crippen molar-refractivity contribution in [2.45, 2.75) is 53.9 Å². The molecular formula is C14H27NO. The summed E-state index contributed by atoms with van der Waals surface area (Å²) in [6.07, 6.45) is 3.73. The lowest BCUT2D eigenvalue weighted by Gasteiger charge is -2.28. The van der Waals surface area contributed by atoms with Crippen molar-refractivity contribution >= 4 is 5.91 Å². The summed E-state index contributed by atoms with van der Waals surface area (Å²) < 4.78 is 0. The Morgan fingerprint density at radius 2 is 1.88 bits per heavy atom.